The van der Waals surface area contributed by atoms with Gasteiger partial charge in [-0.1, -0.05) is 23.2 Å². The summed E-state index contributed by atoms with van der Waals surface area (Å²) in [5.41, 5.74) is 1.29. The van der Waals surface area contributed by atoms with Crippen LogP contribution in [-0.2, 0) is 0 Å². The van der Waals surface area contributed by atoms with Crippen LogP contribution in [0.15, 0.2) is 16.7 Å². The first-order valence-corrected chi connectivity index (χ1v) is 4.14. The van der Waals surface area contributed by atoms with E-state index in [1.807, 2.05) is 13.0 Å². The van der Waals surface area contributed by atoms with Gasteiger partial charge in [0, 0.05) is 12.3 Å². The van der Waals surface area contributed by atoms with Crippen molar-refractivity contribution in [3.8, 4) is 0 Å². The monoisotopic (exact) mass is 201 g/mol. The molecule has 0 unspecified atom stereocenters. The van der Waals surface area contributed by atoms with Gasteiger partial charge in [-0.2, -0.15) is 0 Å². The molecule has 0 spiro atoms. The number of rotatable bonds is 0. The van der Waals surface area contributed by atoms with Gasteiger partial charge in [-0.15, -0.1) is 0 Å². The number of fused-ring (bicyclic) bond motifs is 1. The zero-order valence-electron chi connectivity index (χ0n) is 6.27. The molecule has 12 heavy (non-hydrogen) atoms. The minimum atomic E-state index is 0.415. The summed E-state index contributed by atoms with van der Waals surface area (Å²) in [7, 11) is 0. The molecule has 0 N–H and O–H groups in total. The summed E-state index contributed by atoms with van der Waals surface area (Å²) in [6, 6.07) is 1.82. The van der Waals surface area contributed by atoms with Gasteiger partial charge in [0.2, 0.25) is 0 Å². The minimum Gasteiger partial charge on any atom is -0.458 e. The predicted octanol–water partition coefficient (Wildman–Crippen LogP) is 3.44. The Labute approximate surface area is 79.1 Å². The Hall–Kier alpha value is -0.730. The van der Waals surface area contributed by atoms with Crippen LogP contribution >= 0.6 is 23.2 Å². The van der Waals surface area contributed by atoms with E-state index in [1.54, 1.807) is 0 Å². The summed E-state index contributed by atoms with van der Waals surface area (Å²) in [5.74, 6) is 0.779. The largest absolute Gasteiger partial charge is 0.458 e. The maximum atomic E-state index is 5.87. The van der Waals surface area contributed by atoms with E-state index in [0.29, 0.717) is 15.6 Å². The van der Waals surface area contributed by atoms with Crippen LogP contribution in [0.4, 0.5) is 0 Å². The summed E-state index contributed by atoms with van der Waals surface area (Å²) in [5, 5.41) is 0.841. The molecule has 2 aromatic heterocycles. The zero-order valence-corrected chi connectivity index (χ0v) is 7.78. The number of pyridine rings is 1. The Morgan fingerprint density at radius 3 is 2.92 bits per heavy atom. The SMILES string of the molecule is Cc1cc2ncc(Cl)c(Cl)c2o1. The van der Waals surface area contributed by atoms with Gasteiger partial charge in [0.05, 0.1) is 5.02 Å². The molecular weight excluding hydrogens is 197 g/mol. The van der Waals surface area contributed by atoms with Crippen molar-refractivity contribution in [2.24, 2.45) is 0 Å². The van der Waals surface area contributed by atoms with E-state index in [9.17, 15) is 0 Å². The lowest BCUT2D eigenvalue weighted by atomic mass is 10.4. The Bertz CT molecular complexity index is 436. The molecule has 0 saturated heterocycles. The molecule has 0 bridgehead atoms. The number of furan rings is 1. The second-order valence-corrected chi connectivity index (χ2v) is 3.28. The molecule has 4 heteroatoms. The van der Waals surface area contributed by atoms with Crippen LogP contribution in [0.3, 0.4) is 0 Å². The number of hydrogen-bond donors (Lipinski definition) is 0. The van der Waals surface area contributed by atoms with Crippen molar-refractivity contribution in [2.45, 2.75) is 6.92 Å². The number of aryl methyl sites for hydroxylation is 1. The Balaban J connectivity index is 2.89. The number of halogens is 2. The molecule has 2 heterocycles. The molecular formula is C8H5Cl2NO. The summed E-state index contributed by atoms with van der Waals surface area (Å²) >= 11 is 11.6. The molecule has 0 aliphatic heterocycles. The third-order valence-electron chi connectivity index (χ3n) is 1.56. The number of aromatic nitrogens is 1. The Morgan fingerprint density at radius 2 is 2.17 bits per heavy atom. The van der Waals surface area contributed by atoms with Gasteiger partial charge in [-0.3, -0.25) is 4.98 Å². The fraction of sp³-hybridized carbons (Fsp3) is 0.125. The molecule has 0 atom stereocenters. The van der Waals surface area contributed by atoms with Gasteiger partial charge in [-0.25, -0.2) is 0 Å². The maximum Gasteiger partial charge on any atom is 0.172 e. The first-order chi connectivity index (χ1) is 5.68. The lowest BCUT2D eigenvalue weighted by Gasteiger charge is -1.93. The van der Waals surface area contributed by atoms with Crippen molar-refractivity contribution in [1.82, 2.24) is 4.98 Å². The van der Waals surface area contributed by atoms with E-state index < -0.39 is 0 Å². The standard InChI is InChI=1S/C8H5Cl2NO/c1-4-2-6-8(12-4)7(10)5(9)3-11-6/h2-3H,1H3. The highest BCUT2D eigenvalue weighted by Crippen LogP contribution is 2.30. The smallest absolute Gasteiger partial charge is 0.172 e. The third kappa shape index (κ3) is 1.08. The van der Waals surface area contributed by atoms with Crippen molar-refractivity contribution >= 4 is 34.3 Å². The quantitative estimate of drug-likeness (QED) is 0.653. The summed E-state index contributed by atoms with van der Waals surface area (Å²) in [4.78, 5) is 4.05. The lowest BCUT2D eigenvalue weighted by molar-refractivity contribution is 0.578. The van der Waals surface area contributed by atoms with E-state index in [0.717, 1.165) is 11.3 Å². The van der Waals surface area contributed by atoms with Gasteiger partial charge < -0.3 is 4.42 Å². The van der Waals surface area contributed by atoms with E-state index in [2.05, 4.69) is 4.98 Å². The highest BCUT2D eigenvalue weighted by molar-refractivity contribution is 6.44. The second-order valence-electron chi connectivity index (χ2n) is 2.49. The summed E-state index contributed by atoms with van der Waals surface area (Å²) in [6.45, 7) is 1.84. The van der Waals surface area contributed by atoms with Crippen LogP contribution in [0.5, 0.6) is 0 Å². The van der Waals surface area contributed by atoms with Gasteiger partial charge in [0.15, 0.2) is 5.58 Å². The van der Waals surface area contributed by atoms with Gasteiger partial charge in [-0.05, 0) is 6.92 Å². The third-order valence-corrected chi connectivity index (χ3v) is 2.32. The molecule has 0 radical (unpaired) electrons. The van der Waals surface area contributed by atoms with Crippen molar-refractivity contribution in [2.75, 3.05) is 0 Å². The molecule has 0 saturated carbocycles. The molecule has 2 aromatic rings. The van der Waals surface area contributed by atoms with E-state index in [4.69, 9.17) is 27.6 Å². The molecule has 0 amide bonds. The average molecular weight is 202 g/mol. The summed E-state index contributed by atoms with van der Waals surface area (Å²) < 4.78 is 5.30. The van der Waals surface area contributed by atoms with Crippen molar-refractivity contribution in [3.63, 3.8) is 0 Å². The van der Waals surface area contributed by atoms with Crippen LogP contribution in [0, 0.1) is 6.92 Å². The maximum absolute atomic E-state index is 5.87. The topological polar surface area (TPSA) is 26.0 Å². The van der Waals surface area contributed by atoms with Crippen LogP contribution in [-0.4, -0.2) is 4.98 Å². The highest BCUT2D eigenvalue weighted by atomic mass is 35.5. The van der Waals surface area contributed by atoms with E-state index in [1.165, 1.54) is 6.20 Å². The lowest BCUT2D eigenvalue weighted by Crippen LogP contribution is -1.74. The highest BCUT2D eigenvalue weighted by Gasteiger charge is 2.08. The predicted molar refractivity (Wildman–Crippen MR) is 48.8 cm³/mol. The van der Waals surface area contributed by atoms with Gasteiger partial charge in [0.1, 0.15) is 16.3 Å². The Kier molecular flexibility index (Phi) is 1.74. The molecule has 0 fully saturated rings. The molecule has 62 valence electrons. The van der Waals surface area contributed by atoms with Crippen molar-refractivity contribution < 1.29 is 4.42 Å². The minimum absolute atomic E-state index is 0.415. The zero-order chi connectivity index (χ0) is 8.72. The van der Waals surface area contributed by atoms with Crippen molar-refractivity contribution in [3.05, 3.63) is 28.1 Å². The van der Waals surface area contributed by atoms with Crippen LogP contribution < -0.4 is 0 Å². The first-order valence-electron chi connectivity index (χ1n) is 3.38. The first kappa shape index (κ1) is 7.90. The fourth-order valence-corrected chi connectivity index (χ4v) is 1.36. The van der Waals surface area contributed by atoms with Crippen molar-refractivity contribution in [1.29, 1.82) is 0 Å². The molecule has 0 aliphatic rings. The fourth-order valence-electron chi connectivity index (χ4n) is 1.05. The van der Waals surface area contributed by atoms with Gasteiger partial charge >= 0.3 is 0 Å². The molecule has 0 aromatic carbocycles. The van der Waals surface area contributed by atoms with Crippen LogP contribution in [0.2, 0.25) is 10.0 Å². The normalized spacial score (nSPS) is 10.9. The van der Waals surface area contributed by atoms with E-state index in [-0.39, 0.29) is 0 Å². The van der Waals surface area contributed by atoms with Crippen LogP contribution in [0.25, 0.3) is 11.1 Å². The molecule has 2 nitrogen and oxygen atoms in total. The second kappa shape index (κ2) is 2.64. The number of hydrogen-bond acceptors (Lipinski definition) is 2. The number of nitrogens with zero attached hydrogens (tertiary/aromatic N) is 1. The van der Waals surface area contributed by atoms with Crippen LogP contribution in [0.1, 0.15) is 5.76 Å². The average Bonchev–Trinajstić information content (AvgIpc) is 2.39. The molecule has 0 aliphatic carbocycles. The molecule has 2 rings (SSSR count). The van der Waals surface area contributed by atoms with E-state index >= 15 is 0 Å². The summed E-state index contributed by atoms with van der Waals surface area (Å²) in [6.07, 6.45) is 1.52. The Morgan fingerprint density at radius 1 is 1.42 bits per heavy atom. The van der Waals surface area contributed by atoms with Gasteiger partial charge in [0.25, 0.3) is 0 Å².